The summed E-state index contributed by atoms with van der Waals surface area (Å²) in [4.78, 5) is 4.24. The molecule has 1 aromatic heterocycles. The van der Waals surface area contributed by atoms with Gasteiger partial charge in [0.05, 0.1) is 25.8 Å². The van der Waals surface area contributed by atoms with Crippen LogP contribution in [-0.2, 0) is 5.88 Å². The van der Waals surface area contributed by atoms with Crippen molar-refractivity contribution in [1.29, 1.82) is 0 Å². The molecule has 0 saturated carbocycles. The van der Waals surface area contributed by atoms with E-state index in [1.165, 1.54) is 6.26 Å². The minimum Gasteiger partial charge on any atom is -0.497 e. The SMILES string of the molecule is COc1cc(OC)cc(-c2nc(CCl)co2)c1. The fourth-order valence-corrected chi connectivity index (χ4v) is 1.55. The largest absolute Gasteiger partial charge is 0.497 e. The third kappa shape index (κ3) is 2.53. The van der Waals surface area contributed by atoms with Gasteiger partial charge < -0.3 is 13.9 Å². The number of halogens is 1. The molecule has 0 amide bonds. The maximum absolute atomic E-state index is 5.67. The Morgan fingerprint density at radius 1 is 1.18 bits per heavy atom. The van der Waals surface area contributed by atoms with Gasteiger partial charge in [0, 0.05) is 11.6 Å². The van der Waals surface area contributed by atoms with Crippen molar-refractivity contribution in [3.63, 3.8) is 0 Å². The van der Waals surface area contributed by atoms with Crippen LogP contribution in [0.25, 0.3) is 11.5 Å². The van der Waals surface area contributed by atoms with Crippen molar-refractivity contribution in [2.75, 3.05) is 14.2 Å². The highest BCUT2D eigenvalue weighted by Gasteiger charge is 2.09. The molecular weight excluding hydrogens is 242 g/mol. The highest BCUT2D eigenvalue weighted by molar-refractivity contribution is 6.16. The van der Waals surface area contributed by atoms with Gasteiger partial charge in [0.1, 0.15) is 17.8 Å². The van der Waals surface area contributed by atoms with Crippen LogP contribution in [0.3, 0.4) is 0 Å². The van der Waals surface area contributed by atoms with Gasteiger partial charge in [0.15, 0.2) is 0 Å². The summed E-state index contributed by atoms with van der Waals surface area (Å²) in [6, 6.07) is 5.44. The Morgan fingerprint density at radius 3 is 2.29 bits per heavy atom. The monoisotopic (exact) mass is 253 g/mol. The van der Waals surface area contributed by atoms with Crippen molar-refractivity contribution in [3.8, 4) is 23.0 Å². The minimum atomic E-state index is 0.324. The Labute approximate surface area is 104 Å². The van der Waals surface area contributed by atoms with Gasteiger partial charge in [0.2, 0.25) is 5.89 Å². The lowest BCUT2D eigenvalue weighted by atomic mass is 10.2. The lowest BCUT2D eigenvalue weighted by molar-refractivity contribution is 0.394. The number of benzene rings is 1. The first-order valence-electron chi connectivity index (χ1n) is 5.00. The molecular formula is C12H12ClNO3. The molecule has 0 unspecified atom stereocenters. The van der Waals surface area contributed by atoms with E-state index in [4.69, 9.17) is 25.5 Å². The Kier molecular flexibility index (Phi) is 3.54. The number of alkyl halides is 1. The summed E-state index contributed by atoms with van der Waals surface area (Å²) in [6.45, 7) is 0. The molecule has 0 atom stereocenters. The number of hydrogen-bond acceptors (Lipinski definition) is 4. The molecule has 0 aliphatic rings. The molecule has 17 heavy (non-hydrogen) atoms. The average Bonchev–Trinajstić information content (AvgIpc) is 2.86. The topological polar surface area (TPSA) is 44.5 Å². The van der Waals surface area contributed by atoms with Gasteiger partial charge in [-0.3, -0.25) is 0 Å². The minimum absolute atomic E-state index is 0.324. The Hall–Kier alpha value is -1.68. The molecule has 90 valence electrons. The quantitative estimate of drug-likeness (QED) is 0.786. The zero-order valence-corrected chi connectivity index (χ0v) is 10.3. The van der Waals surface area contributed by atoms with Gasteiger partial charge in [-0.15, -0.1) is 11.6 Å². The smallest absolute Gasteiger partial charge is 0.226 e. The molecule has 0 spiro atoms. The summed E-state index contributed by atoms with van der Waals surface area (Å²) in [5.74, 6) is 2.19. The third-order valence-corrected chi connectivity index (χ3v) is 2.56. The highest BCUT2D eigenvalue weighted by atomic mass is 35.5. The van der Waals surface area contributed by atoms with E-state index in [9.17, 15) is 0 Å². The Morgan fingerprint density at radius 2 is 1.82 bits per heavy atom. The molecule has 0 bridgehead atoms. The van der Waals surface area contributed by atoms with E-state index in [0.29, 0.717) is 29.0 Å². The predicted octanol–water partition coefficient (Wildman–Crippen LogP) is 3.10. The molecule has 0 aliphatic heterocycles. The molecule has 1 aromatic carbocycles. The molecule has 2 rings (SSSR count). The molecule has 4 nitrogen and oxygen atoms in total. The predicted molar refractivity (Wildman–Crippen MR) is 64.6 cm³/mol. The molecule has 0 fully saturated rings. The number of nitrogens with zero attached hydrogens (tertiary/aromatic N) is 1. The van der Waals surface area contributed by atoms with E-state index in [1.807, 2.05) is 12.1 Å². The number of ether oxygens (including phenoxy) is 2. The maximum atomic E-state index is 5.67. The van der Waals surface area contributed by atoms with E-state index in [1.54, 1.807) is 20.3 Å². The highest BCUT2D eigenvalue weighted by Crippen LogP contribution is 2.29. The van der Waals surface area contributed by atoms with Gasteiger partial charge in [-0.05, 0) is 12.1 Å². The Bertz CT molecular complexity index is 488. The molecule has 0 saturated heterocycles. The Balaban J connectivity index is 2.43. The summed E-state index contributed by atoms with van der Waals surface area (Å²) in [5.41, 5.74) is 1.49. The van der Waals surface area contributed by atoms with Crippen LogP contribution in [0.1, 0.15) is 5.69 Å². The van der Waals surface area contributed by atoms with Crippen molar-refractivity contribution >= 4 is 11.6 Å². The first kappa shape index (κ1) is 11.8. The zero-order valence-electron chi connectivity index (χ0n) is 9.57. The summed E-state index contributed by atoms with van der Waals surface area (Å²) in [7, 11) is 3.19. The van der Waals surface area contributed by atoms with Crippen LogP contribution >= 0.6 is 11.6 Å². The normalized spacial score (nSPS) is 10.3. The van der Waals surface area contributed by atoms with E-state index >= 15 is 0 Å². The second-order valence-corrected chi connectivity index (χ2v) is 3.65. The number of rotatable bonds is 4. The fraction of sp³-hybridized carbons (Fsp3) is 0.250. The fourth-order valence-electron chi connectivity index (χ4n) is 1.43. The summed E-state index contributed by atoms with van der Waals surface area (Å²) < 4.78 is 15.7. The van der Waals surface area contributed by atoms with Gasteiger partial charge in [-0.25, -0.2) is 4.98 Å². The van der Waals surface area contributed by atoms with Crippen LogP contribution in [0.15, 0.2) is 28.9 Å². The van der Waals surface area contributed by atoms with E-state index in [0.717, 1.165) is 5.56 Å². The molecule has 0 radical (unpaired) electrons. The maximum Gasteiger partial charge on any atom is 0.226 e. The van der Waals surface area contributed by atoms with Crippen LogP contribution in [0, 0.1) is 0 Å². The van der Waals surface area contributed by atoms with Gasteiger partial charge in [-0.2, -0.15) is 0 Å². The third-order valence-electron chi connectivity index (χ3n) is 2.29. The number of methoxy groups -OCH3 is 2. The molecule has 0 N–H and O–H groups in total. The van der Waals surface area contributed by atoms with E-state index in [-0.39, 0.29) is 0 Å². The lowest BCUT2D eigenvalue weighted by Gasteiger charge is -2.05. The summed E-state index contributed by atoms with van der Waals surface area (Å²) >= 11 is 5.67. The van der Waals surface area contributed by atoms with Crippen LogP contribution < -0.4 is 9.47 Å². The molecule has 2 aromatic rings. The van der Waals surface area contributed by atoms with Gasteiger partial charge in [-0.1, -0.05) is 0 Å². The second kappa shape index (κ2) is 5.10. The second-order valence-electron chi connectivity index (χ2n) is 3.38. The summed E-state index contributed by atoms with van der Waals surface area (Å²) in [5, 5.41) is 0. The molecule has 5 heteroatoms. The van der Waals surface area contributed by atoms with Crippen LogP contribution in [0.5, 0.6) is 11.5 Å². The van der Waals surface area contributed by atoms with Crippen molar-refractivity contribution < 1.29 is 13.9 Å². The van der Waals surface area contributed by atoms with Gasteiger partial charge in [0.25, 0.3) is 0 Å². The molecule has 0 aliphatic carbocycles. The van der Waals surface area contributed by atoms with Crippen molar-refractivity contribution in [1.82, 2.24) is 4.98 Å². The van der Waals surface area contributed by atoms with E-state index in [2.05, 4.69) is 4.98 Å². The van der Waals surface area contributed by atoms with Crippen LogP contribution in [0.4, 0.5) is 0 Å². The van der Waals surface area contributed by atoms with Crippen LogP contribution in [-0.4, -0.2) is 19.2 Å². The van der Waals surface area contributed by atoms with Crippen molar-refractivity contribution in [3.05, 3.63) is 30.2 Å². The van der Waals surface area contributed by atoms with Gasteiger partial charge >= 0.3 is 0 Å². The lowest BCUT2D eigenvalue weighted by Crippen LogP contribution is -1.89. The van der Waals surface area contributed by atoms with E-state index < -0.39 is 0 Å². The zero-order chi connectivity index (χ0) is 12.3. The number of hydrogen-bond donors (Lipinski definition) is 0. The first-order valence-corrected chi connectivity index (χ1v) is 5.54. The van der Waals surface area contributed by atoms with Crippen LogP contribution in [0.2, 0.25) is 0 Å². The number of aromatic nitrogens is 1. The van der Waals surface area contributed by atoms with Crippen molar-refractivity contribution in [2.24, 2.45) is 0 Å². The number of oxazole rings is 1. The molecule has 1 heterocycles. The first-order chi connectivity index (χ1) is 8.26. The summed E-state index contributed by atoms with van der Waals surface area (Å²) in [6.07, 6.45) is 1.54. The average molecular weight is 254 g/mol. The standard InChI is InChI=1S/C12H12ClNO3/c1-15-10-3-8(4-11(5-10)16-2)12-14-9(6-13)7-17-12/h3-5,7H,6H2,1-2H3. The van der Waals surface area contributed by atoms with Crippen molar-refractivity contribution in [2.45, 2.75) is 5.88 Å².